The van der Waals surface area contributed by atoms with E-state index in [0.717, 1.165) is 36.4 Å². The maximum atomic E-state index is 12.2. The van der Waals surface area contributed by atoms with Gasteiger partial charge in [-0.2, -0.15) is 0 Å². The van der Waals surface area contributed by atoms with Crippen LogP contribution in [0.5, 0.6) is 0 Å². The van der Waals surface area contributed by atoms with E-state index in [2.05, 4.69) is 17.2 Å². The van der Waals surface area contributed by atoms with Crippen molar-refractivity contribution in [2.24, 2.45) is 4.99 Å². The average molecular weight is 342 g/mol. The molecule has 1 fully saturated rings. The van der Waals surface area contributed by atoms with Crippen molar-refractivity contribution in [3.05, 3.63) is 41.4 Å². The Kier molecular flexibility index (Phi) is 6.34. The number of aromatic nitrogens is 1. The number of amides is 1. The summed E-state index contributed by atoms with van der Waals surface area (Å²) in [5.74, 6) is 0.0416. The Bertz CT molecular complexity index is 656. The van der Waals surface area contributed by atoms with Crippen molar-refractivity contribution in [2.75, 3.05) is 13.6 Å². The smallest absolute Gasteiger partial charge is 0.239 e. The molecule has 5 heteroatoms. The zero-order valence-electron chi connectivity index (χ0n) is 16.1. The number of carbonyl (C=O) groups is 1. The molecule has 0 unspecified atom stereocenters. The summed E-state index contributed by atoms with van der Waals surface area (Å²) in [5.41, 5.74) is 4.35. The van der Waals surface area contributed by atoms with Crippen LogP contribution in [0.2, 0.25) is 0 Å². The van der Waals surface area contributed by atoms with E-state index in [1.165, 1.54) is 5.57 Å². The maximum absolute atomic E-state index is 12.2. The highest BCUT2D eigenvalue weighted by molar-refractivity contribution is 6.02. The molecule has 1 aliphatic rings. The normalized spacial score (nSPS) is 18.4. The molecular formula is C20H30N4O. The lowest BCUT2D eigenvalue weighted by molar-refractivity contribution is -0.123. The lowest BCUT2D eigenvalue weighted by Crippen LogP contribution is -2.45. The second-order valence-corrected chi connectivity index (χ2v) is 7.66. The third-order valence-corrected chi connectivity index (χ3v) is 4.25. The number of rotatable bonds is 5. The Hall–Kier alpha value is -2.17. The monoisotopic (exact) mass is 342 g/mol. The first-order valence-corrected chi connectivity index (χ1v) is 8.92. The molecule has 5 nitrogen and oxygen atoms in total. The Morgan fingerprint density at radius 2 is 2.08 bits per heavy atom. The van der Waals surface area contributed by atoms with E-state index < -0.39 is 0 Å². The molecule has 0 radical (unpaired) electrons. The molecule has 1 aromatic heterocycles. The molecule has 136 valence electrons. The van der Waals surface area contributed by atoms with Gasteiger partial charge in [-0.05, 0) is 64.7 Å². The fourth-order valence-electron chi connectivity index (χ4n) is 2.98. The van der Waals surface area contributed by atoms with Gasteiger partial charge < -0.3 is 10.2 Å². The summed E-state index contributed by atoms with van der Waals surface area (Å²) in [4.78, 5) is 23.3. The van der Waals surface area contributed by atoms with E-state index >= 15 is 0 Å². The van der Waals surface area contributed by atoms with Gasteiger partial charge in [-0.3, -0.25) is 14.8 Å². The van der Waals surface area contributed by atoms with Crippen molar-refractivity contribution in [1.82, 2.24) is 15.2 Å². The minimum Gasteiger partial charge on any atom is -0.369 e. The van der Waals surface area contributed by atoms with Crippen LogP contribution in [-0.2, 0) is 11.3 Å². The molecule has 1 aliphatic carbocycles. The Labute approximate surface area is 151 Å². The van der Waals surface area contributed by atoms with Crippen molar-refractivity contribution < 1.29 is 4.79 Å². The van der Waals surface area contributed by atoms with E-state index in [1.807, 2.05) is 50.9 Å². The van der Waals surface area contributed by atoms with E-state index in [9.17, 15) is 4.79 Å². The number of nitrogens with one attached hydrogen (secondary N) is 1. The highest BCUT2D eigenvalue weighted by atomic mass is 16.2. The summed E-state index contributed by atoms with van der Waals surface area (Å²) in [6.45, 7) is 9.04. The lowest BCUT2D eigenvalue weighted by Gasteiger charge is -2.25. The first-order chi connectivity index (χ1) is 11.8. The first-order valence-electron chi connectivity index (χ1n) is 8.92. The molecule has 1 amide bonds. The second-order valence-electron chi connectivity index (χ2n) is 7.66. The van der Waals surface area contributed by atoms with Crippen LogP contribution < -0.4 is 5.32 Å². The summed E-state index contributed by atoms with van der Waals surface area (Å²) in [7, 11) is 1.97. The molecule has 0 spiro atoms. The van der Waals surface area contributed by atoms with Gasteiger partial charge in [-0.15, -0.1) is 0 Å². The van der Waals surface area contributed by atoms with Crippen LogP contribution in [0.25, 0.3) is 0 Å². The summed E-state index contributed by atoms with van der Waals surface area (Å²) in [6, 6.07) is 5.90. The van der Waals surface area contributed by atoms with E-state index in [-0.39, 0.29) is 11.4 Å². The van der Waals surface area contributed by atoms with E-state index in [4.69, 9.17) is 4.99 Å². The standard InChI is InChI=1S/C20H30N4O/c1-15(24(5)14-19(25)23-20(2,3)4)17-10-8-11-18(17)22-13-16-9-6-7-12-21-16/h6-7,9,12H,8,10-11,13-14H2,1-5H3,(H,23,25)/b17-15+,22-18?. The largest absolute Gasteiger partial charge is 0.369 e. The highest BCUT2D eigenvalue weighted by Gasteiger charge is 2.21. The van der Waals surface area contributed by atoms with Gasteiger partial charge in [0.15, 0.2) is 0 Å². The summed E-state index contributed by atoms with van der Waals surface area (Å²) in [6.07, 6.45) is 4.95. The van der Waals surface area contributed by atoms with Crippen LogP contribution in [0.4, 0.5) is 0 Å². The maximum Gasteiger partial charge on any atom is 0.239 e. The summed E-state index contributed by atoms with van der Waals surface area (Å²) < 4.78 is 0. The fraction of sp³-hybridized carbons (Fsp3) is 0.550. The summed E-state index contributed by atoms with van der Waals surface area (Å²) in [5, 5.41) is 3.01. The van der Waals surface area contributed by atoms with Gasteiger partial charge in [-0.1, -0.05) is 6.07 Å². The van der Waals surface area contributed by atoms with Crippen LogP contribution in [0.15, 0.2) is 40.7 Å². The predicted molar refractivity (Wildman–Crippen MR) is 102 cm³/mol. The molecule has 0 bridgehead atoms. The SMILES string of the molecule is C/C(=C1/CCCC1=NCc1ccccn1)N(C)CC(=O)NC(C)(C)C. The molecular weight excluding hydrogens is 312 g/mol. The minimum atomic E-state index is -0.207. The van der Waals surface area contributed by atoms with E-state index in [0.29, 0.717) is 13.1 Å². The number of allylic oxidation sites excluding steroid dienone is 2. The Morgan fingerprint density at radius 3 is 2.72 bits per heavy atom. The first kappa shape index (κ1) is 19.2. The minimum absolute atomic E-state index is 0.0416. The third kappa shape index (κ3) is 6.00. The molecule has 25 heavy (non-hydrogen) atoms. The van der Waals surface area contributed by atoms with Gasteiger partial charge in [0.25, 0.3) is 0 Å². The van der Waals surface area contributed by atoms with Crippen molar-refractivity contribution >= 4 is 11.6 Å². The molecule has 0 aromatic carbocycles. The Balaban J connectivity index is 2.06. The fourth-order valence-corrected chi connectivity index (χ4v) is 2.98. The lowest BCUT2D eigenvalue weighted by atomic mass is 10.1. The van der Waals surface area contributed by atoms with Crippen molar-refractivity contribution in [1.29, 1.82) is 0 Å². The van der Waals surface area contributed by atoms with Crippen LogP contribution in [-0.4, -0.2) is 40.6 Å². The molecule has 0 aliphatic heterocycles. The number of hydrogen-bond acceptors (Lipinski definition) is 4. The zero-order valence-corrected chi connectivity index (χ0v) is 16.1. The predicted octanol–water partition coefficient (Wildman–Crippen LogP) is 3.33. The van der Waals surface area contributed by atoms with E-state index in [1.54, 1.807) is 6.20 Å². The second kappa shape index (κ2) is 8.28. The number of carbonyl (C=O) groups excluding carboxylic acids is 1. The molecule has 1 aromatic rings. The van der Waals surface area contributed by atoms with Crippen molar-refractivity contribution in [3.8, 4) is 0 Å². The Morgan fingerprint density at radius 1 is 1.32 bits per heavy atom. The van der Waals surface area contributed by atoms with Gasteiger partial charge in [-0.25, -0.2) is 0 Å². The van der Waals surface area contributed by atoms with Crippen LogP contribution in [0, 0.1) is 0 Å². The number of aliphatic imine (C=N–C) groups is 1. The topological polar surface area (TPSA) is 57.6 Å². The van der Waals surface area contributed by atoms with Gasteiger partial charge in [0.1, 0.15) is 0 Å². The third-order valence-electron chi connectivity index (χ3n) is 4.25. The number of likely N-dealkylation sites (N-methyl/N-ethyl adjacent to an activating group) is 1. The molecule has 1 saturated carbocycles. The molecule has 2 rings (SSSR count). The van der Waals surface area contributed by atoms with Crippen LogP contribution in [0.1, 0.15) is 52.7 Å². The van der Waals surface area contributed by atoms with Crippen molar-refractivity contribution in [2.45, 2.75) is 59.0 Å². The van der Waals surface area contributed by atoms with Gasteiger partial charge >= 0.3 is 0 Å². The van der Waals surface area contributed by atoms with Crippen LogP contribution >= 0.6 is 0 Å². The zero-order chi connectivity index (χ0) is 18.4. The number of hydrogen-bond donors (Lipinski definition) is 1. The number of pyridine rings is 1. The summed E-state index contributed by atoms with van der Waals surface area (Å²) >= 11 is 0. The molecule has 1 N–H and O–H groups in total. The molecule has 1 heterocycles. The molecule has 0 saturated heterocycles. The van der Waals surface area contributed by atoms with Gasteiger partial charge in [0.05, 0.1) is 18.8 Å². The molecule has 0 atom stereocenters. The van der Waals surface area contributed by atoms with Crippen LogP contribution in [0.3, 0.4) is 0 Å². The van der Waals surface area contributed by atoms with Gasteiger partial charge in [0, 0.05) is 30.2 Å². The quantitative estimate of drug-likeness (QED) is 0.893. The average Bonchev–Trinajstić information content (AvgIpc) is 2.99. The van der Waals surface area contributed by atoms with Gasteiger partial charge in [0.2, 0.25) is 5.91 Å². The van der Waals surface area contributed by atoms with Crippen molar-refractivity contribution in [3.63, 3.8) is 0 Å². The highest BCUT2D eigenvalue weighted by Crippen LogP contribution is 2.26. The number of nitrogens with zero attached hydrogens (tertiary/aromatic N) is 3.